The first kappa shape index (κ1) is 25.7. The highest BCUT2D eigenvalue weighted by molar-refractivity contribution is 8.18. The summed E-state index contributed by atoms with van der Waals surface area (Å²) in [5.41, 5.74) is 1.52. The summed E-state index contributed by atoms with van der Waals surface area (Å²) in [5.74, 6) is -0.593. The third-order valence-electron chi connectivity index (χ3n) is 5.92. The summed E-state index contributed by atoms with van der Waals surface area (Å²) >= 11 is 0.775. The molecule has 2 aliphatic rings. The molecule has 2 unspecified atom stereocenters. The molecule has 0 spiro atoms. The Morgan fingerprint density at radius 1 is 1.26 bits per heavy atom. The number of imide groups is 1. The molecular formula is C24H28F2N2O5S. The number of hydrogen-bond donors (Lipinski definition) is 1. The largest absolute Gasteiger partial charge is 0.493 e. The van der Waals surface area contributed by atoms with E-state index in [0.717, 1.165) is 22.2 Å². The molecule has 3 rings (SSSR count). The van der Waals surface area contributed by atoms with Gasteiger partial charge in [-0.3, -0.25) is 19.3 Å². The maximum atomic E-state index is 12.7. The Hall–Kier alpha value is -2.88. The van der Waals surface area contributed by atoms with Gasteiger partial charge in [-0.15, -0.1) is 0 Å². The van der Waals surface area contributed by atoms with E-state index in [1.54, 1.807) is 0 Å². The number of thioether (sulfide) groups is 1. The molecule has 1 aliphatic carbocycles. The summed E-state index contributed by atoms with van der Waals surface area (Å²) in [6, 6.07) is 4.22. The van der Waals surface area contributed by atoms with Crippen molar-refractivity contribution >= 4 is 34.9 Å². The Bertz CT molecular complexity index is 1050. The number of allylic oxidation sites excluding steroid dienone is 2. The number of benzene rings is 1. The lowest BCUT2D eigenvalue weighted by molar-refractivity contribution is -0.125. The van der Waals surface area contributed by atoms with E-state index in [0.29, 0.717) is 5.56 Å². The Morgan fingerprint density at radius 3 is 2.59 bits per heavy atom. The van der Waals surface area contributed by atoms with Crippen LogP contribution in [0.15, 0.2) is 34.8 Å². The molecule has 2 fully saturated rings. The van der Waals surface area contributed by atoms with Crippen LogP contribution in [0, 0.1) is 17.3 Å². The number of ether oxygens (including phenoxy) is 2. The molecule has 1 aromatic rings. The van der Waals surface area contributed by atoms with Crippen molar-refractivity contribution in [3.05, 3.63) is 40.3 Å². The van der Waals surface area contributed by atoms with E-state index in [4.69, 9.17) is 4.74 Å². The molecular weight excluding hydrogens is 466 g/mol. The molecule has 184 valence electrons. The van der Waals surface area contributed by atoms with Crippen LogP contribution in [0.2, 0.25) is 0 Å². The van der Waals surface area contributed by atoms with Crippen LogP contribution in [0.4, 0.5) is 13.6 Å². The van der Waals surface area contributed by atoms with Gasteiger partial charge in [-0.25, -0.2) is 0 Å². The van der Waals surface area contributed by atoms with Gasteiger partial charge in [0.25, 0.3) is 11.1 Å². The molecule has 1 aliphatic heterocycles. The summed E-state index contributed by atoms with van der Waals surface area (Å²) in [7, 11) is 1.31. The molecule has 1 heterocycles. The minimum absolute atomic E-state index is 0.0543. The summed E-state index contributed by atoms with van der Waals surface area (Å²) in [6.45, 7) is 5.30. The van der Waals surface area contributed by atoms with Crippen LogP contribution in [0.25, 0.3) is 6.08 Å². The summed E-state index contributed by atoms with van der Waals surface area (Å²) in [6.07, 6.45) is 3.58. The quantitative estimate of drug-likeness (QED) is 0.396. The van der Waals surface area contributed by atoms with Crippen LogP contribution in [-0.2, 0) is 9.59 Å². The van der Waals surface area contributed by atoms with Crippen LogP contribution in [-0.4, -0.2) is 48.8 Å². The van der Waals surface area contributed by atoms with Crippen molar-refractivity contribution in [1.29, 1.82) is 0 Å². The average molecular weight is 495 g/mol. The maximum absolute atomic E-state index is 12.7. The molecule has 34 heavy (non-hydrogen) atoms. The normalized spacial score (nSPS) is 22.2. The molecule has 2 atom stereocenters. The smallest absolute Gasteiger partial charge is 0.387 e. The lowest BCUT2D eigenvalue weighted by atomic mass is 10.1. The van der Waals surface area contributed by atoms with E-state index in [-0.39, 0.29) is 52.7 Å². The minimum Gasteiger partial charge on any atom is -0.493 e. The van der Waals surface area contributed by atoms with Crippen molar-refractivity contribution in [2.45, 2.75) is 34.3 Å². The Labute approximate surface area is 201 Å². The number of alkyl halides is 2. The Morgan fingerprint density at radius 2 is 1.97 bits per heavy atom. The number of hydrogen-bond acceptors (Lipinski definition) is 6. The average Bonchev–Trinajstić information content (AvgIpc) is 3.17. The molecule has 10 heteroatoms. The fraction of sp³-hybridized carbons (Fsp3) is 0.458. The molecule has 0 radical (unpaired) electrons. The van der Waals surface area contributed by atoms with E-state index >= 15 is 0 Å². The predicted octanol–water partition coefficient (Wildman–Crippen LogP) is 4.69. The third-order valence-corrected chi connectivity index (χ3v) is 6.82. The molecule has 7 nitrogen and oxygen atoms in total. The van der Waals surface area contributed by atoms with Crippen LogP contribution >= 0.6 is 11.8 Å². The van der Waals surface area contributed by atoms with Gasteiger partial charge in [0.1, 0.15) is 0 Å². The van der Waals surface area contributed by atoms with Gasteiger partial charge >= 0.3 is 6.61 Å². The van der Waals surface area contributed by atoms with E-state index in [1.807, 2.05) is 27.7 Å². The number of carbonyl (C=O) groups excluding carboxylic acids is 3. The molecule has 1 saturated carbocycles. The molecule has 1 N–H and O–H groups in total. The standard InChI is InChI=1S/C24H28F2N2O5S/c1-13(2)10-15-19(24(15,3)4)20(29)27-8-9-28-21(30)18(34-23(28)31)12-14-6-7-16(33-22(25)26)17(11-14)32-5/h6-7,10-12,15,19,22H,8-9H2,1-5H3,(H,27,29)/b18-12-. The SMILES string of the molecule is COc1cc(/C=C2\SC(=O)N(CCNC(=O)C3C(C=C(C)C)C3(C)C)C2=O)ccc1OC(F)F. The molecule has 1 aromatic carbocycles. The number of methoxy groups -OCH3 is 1. The lowest BCUT2D eigenvalue weighted by Crippen LogP contribution is -2.38. The first-order valence-electron chi connectivity index (χ1n) is 10.8. The van der Waals surface area contributed by atoms with Gasteiger partial charge in [-0.1, -0.05) is 31.6 Å². The van der Waals surface area contributed by atoms with Crippen molar-refractivity contribution in [2.75, 3.05) is 20.2 Å². The predicted molar refractivity (Wildman–Crippen MR) is 126 cm³/mol. The number of halogens is 2. The second-order valence-corrected chi connectivity index (χ2v) is 9.98. The van der Waals surface area contributed by atoms with Gasteiger partial charge in [-0.05, 0) is 60.7 Å². The van der Waals surface area contributed by atoms with E-state index in [2.05, 4.69) is 16.1 Å². The molecule has 0 aromatic heterocycles. The zero-order chi connectivity index (χ0) is 25.2. The number of amides is 3. The second-order valence-electron chi connectivity index (χ2n) is 8.98. The lowest BCUT2D eigenvalue weighted by Gasteiger charge is -2.13. The van der Waals surface area contributed by atoms with E-state index in [9.17, 15) is 23.2 Å². The van der Waals surface area contributed by atoms with Crippen LogP contribution in [0.1, 0.15) is 33.3 Å². The Balaban J connectivity index is 1.60. The maximum Gasteiger partial charge on any atom is 0.387 e. The van der Waals surface area contributed by atoms with Crippen molar-refractivity contribution < 1.29 is 32.6 Å². The van der Waals surface area contributed by atoms with Gasteiger partial charge in [0, 0.05) is 13.1 Å². The fourth-order valence-electron chi connectivity index (χ4n) is 4.06. The zero-order valence-corrected chi connectivity index (χ0v) is 20.5. The van der Waals surface area contributed by atoms with Gasteiger partial charge in [0.2, 0.25) is 5.91 Å². The second kappa shape index (κ2) is 10.2. The molecule has 1 saturated heterocycles. The van der Waals surface area contributed by atoms with Gasteiger partial charge < -0.3 is 14.8 Å². The van der Waals surface area contributed by atoms with Crippen molar-refractivity contribution in [2.24, 2.45) is 17.3 Å². The minimum atomic E-state index is -3.00. The summed E-state index contributed by atoms with van der Waals surface area (Å²) < 4.78 is 34.4. The summed E-state index contributed by atoms with van der Waals surface area (Å²) in [5, 5.41) is 2.40. The van der Waals surface area contributed by atoms with Crippen LogP contribution in [0.5, 0.6) is 11.5 Å². The monoisotopic (exact) mass is 494 g/mol. The van der Waals surface area contributed by atoms with E-state index in [1.165, 1.54) is 31.4 Å². The van der Waals surface area contributed by atoms with E-state index < -0.39 is 17.8 Å². The van der Waals surface area contributed by atoms with Crippen molar-refractivity contribution in [3.63, 3.8) is 0 Å². The number of carbonyl (C=O) groups is 3. The first-order chi connectivity index (χ1) is 15.9. The fourth-order valence-corrected chi connectivity index (χ4v) is 4.93. The summed E-state index contributed by atoms with van der Waals surface area (Å²) in [4.78, 5) is 38.9. The number of nitrogens with zero attached hydrogens (tertiary/aromatic N) is 1. The van der Waals surface area contributed by atoms with Crippen molar-refractivity contribution in [1.82, 2.24) is 10.2 Å². The topological polar surface area (TPSA) is 84.9 Å². The van der Waals surface area contributed by atoms with Crippen LogP contribution in [0.3, 0.4) is 0 Å². The first-order valence-corrected chi connectivity index (χ1v) is 11.6. The highest BCUT2D eigenvalue weighted by Crippen LogP contribution is 2.59. The van der Waals surface area contributed by atoms with Gasteiger partial charge in [0.15, 0.2) is 11.5 Å². The van der Waals surface area contributed by atoms with Crippen molar-refractivity contribution in [3.8, 4) is 11.5 Å². The van der Waals surface area contributed by atoms with Crippen LogP contribution < -0.4 is 14.8 Å². The number of nitrogens with one attached hydrogen (secondary N) is 1. The zero-order valence-electron chi connectivity index (χ0n) is 19.7. The Kier molecular flexibility index (Phi) is 7.70. The molecule has 3 amide bonds. The highest BCUT2D eigenvalue weighted by Gasteiger charge is 2.60. The number of rotatable bonds is 9. The third kappa shape index (κ3) is 5.60. The van der Waals surface area contributed by atoms with Gasteiger partial charge in [0.05, 0.1) is 17.9 Å². The highest BCUT2D eigenvalue weighted by atomic mass is 32.2. The molecule has 0 bridgehead atoms. The van der Waals surface area contributed by atoms with Gasteiger partial charge in [-0.2, -0.15) is 8.78 Å².